The highest BCUT2D eigenvalue weighted by Gasteiger charge is 2.08. The van der Waals surface area contributed by atoms with Gasteiger partial charge in [-0.1, -0.05) is 23.1 Å². The van der Waals surface area contributed by atoms with E-state index in [4.69, 9.17) is 5.73 Å². The summed E-state index contributed by atoms with van der Waals surface area (Å²) in [5.74, 6) is -0.360. The number of nitrogens with one attached hydrogen (secondary N) is 2. The van der Waals surface area contributed by atoms with E-state index in [0.717, 1.165) is 6.54 Å². The Bertz CT molecular complexity index is 381. The van der Waals surface area contributed by atoms with Crippen LogP contribution in [0.4, 0.5) is 9.93 Å². The molecule has 9 heteroatoms. The Morgan fingerprint density at radius 2 is 2.25 bits per heavy atom. The van der Waals surface area contributed by atoms with Crippen molar-refractivity contribution in [2.45, 2.75) is 11.3 Å². The lowest BCUT2D eigenvalue weighted by molar-refractivity contribution is -0.117. The zero-order chi connectivity index (χ0) is 12.0. The summed E-state index contributed by atoms with van der Waals surface area (Å²) in [7, 11) is 0. The summed E-state index contributed by atoms with van der Waals surface area (Å²) in [6.07, 6.45) is 0. The number of rotatable bonds is 5. The van der Waals surface area contributed by atoms with Crippen LogP contribution >= 0.6 is 23.1 Å². The Morgan fingerprint density at radius 1 is 1.50 bits per heavy atom. The van der Waals surface area contributed by atoms with Crippen molar-refractivity contribution in [3.63, 3.8) is 0 Å². The van der Waals surface area contributed by atoms with Crippen LogP contribution in [0.1, 0.15) is 6.92 Å². The maximum atomic E-state index is 11.1. The highest BCUT2D eigenvalue weighted by atomic mass is 32.2. The molecule has 88 valence electrons. The Balaban J connectivity index is 2.36. The van der Waals surface area contributed by atoms with E-state index in [9.17, 15) is 9.59 Å². The number of carbonyl (C=O) groups is 2. The van der Waals surface area contributed by atoms with E-state index in [1.54, 1.807) is 0 Å². The zero-order valence-electron chi connectivity index (χ0n) is 8.52. The molecule has 0 atom stereocenters. The number of primary amides is 1. The minimum atomic E-state index is -0.851. The van der Waals surface area contributed by atoms with Crippen LogP contribution < -0.4 is 16.4 Å². The van der Waals surface area contributed by atoms with E-state index in [-0.39, 0.29) is 5.75 Å². The molecule has 1 rings (SSSR count). The van der Waals surface area contributed by atoms with Crippen LogP contribution in [0.15, 0.2) is 4.34 Å². The molecule has 0 aliphatic rings. The lowest BCUT2D eigenvalue weighted by atomic mass is 10.7. The largest absolute Gasteiger partial charge is 0.360 e. The standard InChI is InChI=1S/C7H11N5O2S2/c1-2-9-6-11-12-7(16-6)15-3-4(13)10-5(8)14/h2-3H2,1H3,(H,9,11)(H3,8,10,13,14). The van der Waals surface area contributed by atoms with Crippen molar-refractivity contribution < 1.29 is 9.59 Å². The molecule has 1 aromatic heterocycles. The van der Waals surface area contributed by atoms with Crippen LogP contribution in [0, 0.1) is 0 Å². The predicted molar refractivity (Wildman–Crippen MR) is 62.5 cm³/mol. The van der Waals surface area contributed by atoms with E-state index < -0.39 is 11.9 Å². The van der Waals surface area contributed by atoms with Gasteiger partial charge in [-0.15, -0.1) is 10.2 Å². The molecule has 7 nitrogen and oxygen atoms in total. The molecule has 0 aliphatic carbocycles. The van der Waals surface area contributed by atoms with Gasteiger partial charge in [-0.05, 0) is 6.92 Å². The van der Waals surface area contributed by atoms with E-state index in [1.807, 2.05) is 12.2 Å². The number of nitrogens with two attached hydrogens (primary N) is 1. The number of aromatic nitrogens is 2. The van der Waals surface area contributed by atoms with Crippen molar-refractivity contribution in [2.24, 2.45) is 5.73 Å². The van der Waals surface area contributed by atoms with Gasteiger partial charge in [0.05, 0.1) is 5.75 Å². The van der Waals surface area contributed by atoms with E-state index >= 15 is 0 Å². The molecule has 0 saturated carbocycles. The summed E-state index contributed by atoms with van der Waals surface area (Å²) < 4.78 is 0.663. The smallest absolute Gasteiger partial charge is 0.318 e. The molecule has 3 amide bonds. The molecule has 0 bridgehead atoms. The first-order valence-corrected chi connectivity index (χ1v) is 6.21. The molecule has 0 spiro atoms. The van der Waals surface area contributed by atoms with Crippen molar-refractivity contribution in [2.75, 3.05) is 17.6 Å². The van der Waals surface area contributed by atoms with Crippen LogP contribution in [0.25, 0.3) is 0 Å². The summed E-state index contributed by atoms with van der Waals surface area (Å²) in [4.78, 5) is 21.4. The second kappa shape index (κ2) is 6.28. The van der Waals surface area contributed by atoms with Gasteiger partial charge >= 0.3 is 6.03 Å². The van der Waals surface area contributed by atoms with Crippen molar-refractivity contribution in [3.8, 4) is 0 Å². The number of urea groups is 1. The van der Waals surface area contributed by atoms with Gasteiger partial charge in [-0.25, -0.2) is 4.79 Å². The molecule has 0 aliphatic heterocycles. The number of thioether (sulfide) groups is 1. The molecule has 1 aromatic rings. The number of hydrogen-bond donors (Lipinski definition) is 3. The van der Waals surface area contributed by atoms with Gasteiger partial charge in [0, 0.05) is 6.54 Å². The first kappa shape index (κ1) is 12.7. The monoisotopic (exact) mass is 261 g/mol. The van der Waals surface area contributed by atoms with Crippen LogP contribution in [-0.4, -0.2) is 34.4 Å². The zero-order valence-corrected chi connectivity index (χ0v) is 10.2. The third kappa shape index (κ3) is 4.45. The van der Waals surface area contributed by atoms with Crippen molar-refractivity contribution >= 4 is 40.2 Å². The first-order chi connectivity index (χ1) is 7.61. The number of hydrogen-bond acceptors (Lipinski definition) is 7. The normalized spacial score (nSPS) is 9.81. The molecule has 0 unspecified atom stereocenters. The minimum Gasteiger partial charge on any atom is -0.360 e. The van der Waals surface area contributed by atoms with Crippen molar-refractivity contribution in [3.05, 3.63) is 0 Å². The number of carbonyl (C=O) groups excluding carboxylic acids is 2. The third-order valence-electron chi connectivity index (χ3n) is 1.32. The van der Waals surface area contributed by atoms with Gasteiger partial charge in [-0.2, -0.15) is 0 Å². The molecule has 0 aromatic carbocycles. The topological polar surface area (TPSA) is 110 Å². The Kier molecular flexibility index (Phi) is 4.99. The maximum Gasteiger partial charge on any atom is 0.318 e. The summed E-state index contributed by atoms with van der Waals surface area (Å²) in [5, 5.41) is 13.4. The summed E-state index contributed by atoms with van der Waals surface area (Å²) >= 11 is 2.55. The predicted octanol–water partition coefficient (Wildman–Crippen LogP) is 0.257. The van der Waals surface area contributed by atoms with Gasteiger partial charge in [0.2, 0.25) is 11.0 Å². The maximum absolute atomic E-state index is 11.1. The van der Waals surface area contributed by atoms with E-state index in [2.05, 4.69) is 15.5 Å². The lowest BCUT2D eigenvalue weighted by Gasteiger charge is -1.97. The number of nitrogens with zero attached hydrogens (tertiary/aromatic N) is 2. The number of anilines is 1. The molecule has 0 fully saturated rings. The van der Waals surface area contributed by atoms with Gasteiger partial charge in [0.1, 0.15) is 0 Å². The molecular formula is C7H11N5O2S2. The Hall–Kier alpha value is -1.35. The fourth-order valence-electron chi connectivity index (χ4n) is 0.792. The van der Waals surface area contributed by atoms with Crippen LogP contribution in [0.3, 0.4) is 0 Å². The SMILES string of the molecule is CCNc1nnc(SCC(=O)NC(N)=O)s1. The Labute approximate surface area is 100 Å². The first-order valence-electron chi connectivity index (χ1n) is 4.41. The van der Waals surface area contributed by atoms with E-state index in [0.29, 0.717) is 9.47 Å². The van der Waals surface area contributed by atoms with Gasteiger partial charge in [-0.3, -0.25) is 10.1 Å². The average molecular weight is 261 g/mol. The second-order valence-corrected chi connectivity index (χ2v) is 4.80. The fourth-order valence-corrected chi connectivity index (χ4v) is 2.41. The summed E-state index contributed by atoms with van der Waals surface area (Å²) in [6, 6.07) is -0.851. The summed E-state index contributed by atoms with van der Waals surface area (Å²) in [5.41, 5.74) is 4.79. The molecular weight excluding hydrogens is 250 g/mol. The van der Waals surface area contributed by atoms with Crippen LogP contribution in [0.5, 0.6) is 0 Å². The minimum absolute atomic E-state index is 0.0870. The average Bonchev–Trinajstić information content (AvgIpc) is 2.62. The Morgan fingerprint density at radius 3 is 2.88 bits per heavy atom. The van der Waals surface area contributed by atoms with Crippen LogP contribution in [0.2, 0.25) is 0 Å². The molecule has 0 radical (unpaired) electrons. The highest BCUT2D eigenvalue weighted by Crippen LogP contribution is 2.24. The van der Waals surface area contributed by atoms with Gasteiger partial charge in [0.25, 0.3) is 0 Å². The second-order valence-electron chi connectivity index (χ2n) is 2.60. The number of imide groups is 1. The van der Waals surface area contributed by atoms with Gasteiger partial charge in [0.15, 0.2) is 4.34 Å². The number of amides is 3. The quantitative estimate of drug-likeness (QED) is 0.656. The summed E-state index contributed by atoms with van der Waals surface area (Å²) in [6.45, 7) is 2.72. The third-order valence-corrected chi connectivity index (χ3v) is 3.34. The molecule has 0 saturated heterocycles. The lowest BCUT2D eigenvalue weighted by Crippen LogP contribution is -2.36. The highest BCUT2D eigenvalue weighted by molar-refractivity contribution is 8.01. The molecule has 1 heterocycles. The van der Waals surface area contributed by atoms with Gasteiger partial charge < -0.3 is 11.1 Å². The molecule has 16 heavy (non-hydrogen) atoms. The van der Waals surface area contributed by atoms with Crippen molar-refractivity contribution in [1.29, 1.82) is 0 Å². The molecule has 4 N–H and O–H groups in total. The fraction of sp³-hybridized carbons (Fsp3) is 0.429. The van der Waals surface area contributed by atoms with Crippen LogP contribution in [-0.2, 0) is 4.79 Å². The van der Waals surface area contributed by atoms with E-state index in [1.165, 1.54) is 23.1 Å². The van der Waals surface area contributed by atoms with Crippen molar-refractivity contribution in [1.82, 2.24) is 15.5 Å².